The first-order chi connectivity index (χ1) is 9.06. The fourth-order valence-corrected chi connectivity index (χ4v) is 1.49. The van der Waals surface area contributed by atoms with Crippen molar-refractivity contribution in [3.63, 3.8) is 0 Å². The van der Waals surface area contributed by atoms with Gasteiger partial charge in [-0.15, -0.1) is 11.4 Å². The summed E-state index contributed by atoms with van der Waals surface area (Å²) in [7, 11) is 0. The Morgan fingerprint density at radius 3 is 1.26 bits per heavy atom. The fourth-order valence-electron chi connectivity index (χ4n) is 1.49. The van der Waals surface area contributed by atoms with Crippen LogP contribution in [0.15, 0.2) is 48.5 Å². The van der Waals surface area contributed by atoms with E-state index in [0.29, 0.717) is 22.7 Å². The molecule has 2 aromatic rings. The number of nitrogens with one attached hydrogen (secondary N) is 2. The van der Waals surface area contributed by atoms with E-state index < -0.39 is 0 Å². The van der Waals surface area contributed by atoms with Crippen LogP contribution in [-0.4, -0.2) is 10.4 Å². The number of hydrogen-bond donors (Lipinski definition) is 2. The van der Waals surface area contributed by atoms with Crippen LogP contribution in [0, 0.1) is 0 Å². The van der Waals surface area contributed by atoms with Gasteiger partial charge in [-0.3, -0.25) is 0 Å². The lowest BCUT2D eigenvalue weighted by molar-refractivity contribution is 0.296. The third-order valence-electron chi connectivity index (χ3n) is 2.45. The van der Waals surface area contributed by atoms with E-state index in [-0.39, 0.29) is 10.3 Å². The number of benzene rings is 2. The quantitative estimate of drug-likeness (QED) is 0.794. The lowest BCUT2D eigenvalue weighted by Crippen LogP contribution is -2.03. The highest BCUT2D eigenvalue weighted by Crippen LogP contribution is 2.32. The van der Waals surface area contributed by atoms with E-state index in [1.54, 1.807) is 48.5 Å². The second kappa shape index (κ2) is 5.55. The highest BCUT2D eigenvalue weighted by molar-refractivity contribution is 5.69. The third kappa shape index (κ3) is 3.33. The molecule has 0 radical (unpaired) electrons. The first-order valence-corrected chi connectivity index (χ1v) is 5.38. The molecule has 0 aliphatic carbocycles. The monoisotopic (exact) mass is 258 g/mol. The number of rotatable bonds is 4. The molecule has 0 spiro atoms. The summed E-state index contributed by atoms with van der Waals surface area (Å²) in [6.07, 6.45) is 0. The second-order valence-corrected chi connectivity index (χ2v) is 3.77. The maximum absolute atomic E-state index is 8.91. The lowest BCUT2D eigenvalue weighted by atomic mass is 10.2. The minimum Gasteiger partial charge on any atom is -0.658 e. The maximum atomic E-state index is 8.91. The summed E-state index contributed by atoms with van der Waals surface area (Å²) in [5.74, 6) is 14.0. The van der Waals surface area contributed by atoms with Gasteiger partial charge < -0.3 is 37.8 Å². The summed E-state index contributed by atoms with van der Waals surface area (Å²) >= 11 is 0. The van der Waals surface area contributed by atoms with Gasteiger partial charge in [0.05, 0.1) is 0 Å². The standard InChI is InChI=1S/C12H12N5O2/c13-16(18)11-5-1-9(2-6-11)15-10-3-7-12(8-4-10)17(14)19/h1-8,13-14,18-19H/q-3. The molecule has 7 nitrogen and oxygen atoms in total. The molecule has 2 rings (SSSR count). The zero-order valence-corrected chi connectivity index (χ0v) is 9.85. The normalized spacial score (nSPS) is 10.1. The van der Waals surface area contributed by atoms with Gasteiger partial charge in [0.1, 0.15) is 0 Å². The average Bonchev–Trinajstić information content (AvgIpc) is 2.40. The topological polar surface area (TPSA) is 109 Å². The van der Waals surface area contributed by atoms with E-state index in [9.17, 15) is 0 Å². The largest absolute Gasteiger partial charge is 0.658 e. The maximum Gasteiger partial charge on any atom is 0.0429 e. The van der Waals surface area contributed by atoms with Crippen molar-refractivity contribution < 1.29 is 10.4 Å². The molecular weight excluding hydrogens is 246 g/mol. The molecular formula is C12H12N5O2-3. The Bertz CT molecular complexity index is 475. The molecule has 0 heterocycles. The van der Waals surface area contributed by atoms with Crippen molar-refractivity contribution in [2.24, 2.45) is 0 Å². The molecule has 0 saturated heterocycles. The van der Waals surface area contributed by atoms with Crippen molar-refractivity contribution >= 4 is 22.7 Å². The first-order valence-electron chi connectivity index (χ1n) is 5.38. The minimum absolute atomic E-state index is 0.280. The predicted molar refractivity (Wildman–Crippen MR) is 72.7 cm³/mol. The fraction of sp³-hybridized carbons (Fsp3) is 0. The highest BCUT2D eigenvalue weighted by Gasteiger charge is 1.91. The van der Waals surface area contributed by atoms with Gasteiger partial charge in [0.15, 0.2) is 0 Å². The zero-order valence-electron chi connectivity index (χ0n) is 9.85. The summed E-state index contributed by atoms with van der Waals surface area (Å²) in [6.45, 7) is 0. The van der Waals surface area contributed by atoms with E-state index in [2.05, 4.69) is 5.32 Å². The van der Waals surface area contributed by atoms with Gasteiger partial charge in [-0.05, 0) is 24.3 Å². The van der Waals surface area contributed by atoms with Crippen LogP contribution in [0.2, 0.25) is 0 Å². The van der Waals surface area contributed by atoms with E-state index in [4.69, 9.17) is 22.1 Å². The van der Waals surface area contributed by atoms with Crippen LogP contribution in [0.3, 0.4) is 0 Å². The average molecular weight is 258 g/mol. The second-order valence-electron chi connectivity index (χ2n) is 3.77. The Morgan fingerprint density at radius 2 is 1.00 bits per heavy atom. The molecule has 0 aliphatic heterocycles. The molecule has 0 fully saturated rings. The molecule has 7 heteroatoms. The molecule has 0 amide bonds. The molecule has 0 aromatic heterocycles. The zero-order chi connectivity index (χ0) is 13.8. The predicted octanol–water partition coefficient (Wildman–Crippen LogP) is 4.35. The van der Waals surface area contributed by atoms with Crippen LogP contribution in [0.25, 0.3) is 17.0 Å². The van der Waals surface area contributed by atoms with Gasteiger partial charge in [0.25, 0.3) is 0 Å². The van der Waals surface area contributed by atoms with Crippen LogP contribution in [0.5, 0.6) is 0 Å². The van der Waals surface area contributed by atoms with Crippen molar-refractivity contribution in [2.45, 2.75) is 0 Å². The number of nitrogens with zero attached hydrogens (tertiary/aromatic N) is 3. The molecule has 0 atom stereocenters. The van der Waals surface area contributed by atoms with Crippen molar-refractivity contribution in [1.29, 1.82) is 0 Å². The van der Waals surface area contributed by atoms with Crippen LogP contribution < -0.4 is 10.3 Å². The summed E-state index contributed by atoms with van der Waals surface area (Å²) in [5.41, 5.74) is 2.04. The van der Waals surface area contributed by atoms with Gasteiger partial charge in [-0.2, -0.15) is 0 Å². The van der Waals surface area contributed by atoms with Crippen LogP contribution >= 0.6 is 0 Å². The van der Waals surface area contributed by atoms with Gasteiger partial charge in [-0.1, -0.05) is 24.3 Å². The van der Waals surface area contributed by atoms with Crippen molar-refractivity contribution in [3.8, 4) is 0 Å². The van der Waals surface area contributed by atoms with Crippen molar-refractivity contribution in [2.75, 3.05) is 10.3 Å². The van der Waals surface area contributed by atoms with Gasteiger partial charge in [0.2, 0.25) is 0 Å². The summed E-state index contributed by atoms with van der Waals surface area (Å²) in [5, 5.41) is 22.7. The molecule has 19 heavy (non-hydrogen) atoms. The van der Waals surface area contributed by atoms with Crippen LogP contribution in [-0.2, 0) is 0 Å². The summed E-state index contributed by atoms with van der Waals surface area (Å²) in [4.78, 5) is 0. The Morgan fingerprint density at radius 1 is 0.684 bits per heavy atom. The van der Waals surface area contributed by atoms with Crippen LogP contribution in [0.4, 0.5) is 22.7 Å². The van der Waals surface area contributed by atoms with Gasteiger partial charge >= 0.3 is 0 Å². The minimum atomic E-state index is 0.280. The SMILES string of the molecule is [NH-]N(O)c1ccc([N-]c2ccc(N([NH-])O)cc2)cc1. The third-order valence-corrected chi connectivity index (χ3v) is 2.45. The summed E-state index contributed by atoms with van der Waals surface area (Å²) in [6, 6.07) is 13.0. The molecule has 0 aliphatic rings. The molecule has 2 aromatic carbocycles. The van der Waals surface area contributed by atoms with E-state index in [1.807, 2.05) is 0 Å². The summed E-state index contributed by atoms with van der Waals surface area (Å²) < 4.78 is 0. The first kappa shape index (κ1) is 13.1. The van der Waals surface area contributed by atoms with Crippen molar-refractivity contribution in [1.82, 2.24) is 0 Å². The van der Waals surface area contributed by atoms with Gasteiger partial charge in [-0.25, -0.2) is 0 Å². The lowest BCUT2D eigenvalue weighted by Gasteiger charge is -2.26. The van der Waals surface area contributed by atoms with Crippen molar-refractivity contribution in [3.05, 3.63) is 65.5 Å². The Hall–Kier alpha value is -2.32. The Balaban J connectivity index is 2.08. The number of hydrogen-bond acceptors (Lipinski definition) is 4. The Kier molecular flexibility index (Phi) is 3.83. The van der Waals surface area contributed by atoms with E-state index in [0.717, 1.165) is 0 Å². The molecule has 0 bridgehead atoms. The molecule has 100 valence electrons. The molecule has 4 N–H and O–H groups in total. The smallest absolute Gasteiger partial charge is 0.0429 e. The Labute approximate surface area is 110 Å². The number of anilines is 2. The highest BCUT2D eigenvalue weighted by atomic mass is 16.5. The van der Waals surface area contributed by atoms with E-state index >= 15 is 0 Å². The molecule has 0 saturated carbocycles. The van der Waals surface area contributed by atoms with Crippen LogP contribution in [0.1, 0.15) is 0 Å². The molecule has 0 unspecified atom stereocenters. The van der Waals surface area contributed by atoms with E-state index in [1.165, 1.54) is 0 Å². The van der Waals surface area contributed by atoms with Gasteiger partial charge in [0, 0.05) is 11.4 Å².